The van der Waals surface area contributed by atoms with E-state index < -0.39 is 23.7 Å². The third-order valence-corrected chi connectivity index (χ3v) is 6.12. The maximum atomic E-state index is 13.4. The van der Waals surface area contributed by atoms with Crippen LogP contribution in [0.25, 0.3) is 0 Å². The summed E-state index contributed by atoms with van der Waals surface area (Å²) in [6.45, 7) is 16.8. The van der Waals surface area contributed by atoms with Gasteiger partial charge in [-0.1, -0.05) is 41.2 Å². The van der Waals surface area contributed by atoms with Crippen LogP contribution in [-0.4, -0.2) is 53.3 Å². The molecule has 0 aromatic heterocycles. The maximum absolute atomic E-state index is 13.4. The number of carbonyl (C=O) groups excluding carboxylic acids is 4. The molecular weight excluding hydrogens is 372 g/mol. The van der Waals surface area contributed by atoms with Crippen LogP contribution in [0.2, 0.25) is 0 Å². The van der Waals surface area contributed by atoms with E-state index in [1.165, 1.54) is 6.92 Å². The Hall–Kier alpha value is -2.38. The van der Waals surface area contributed by atoms with Crippen LogP contribution in [0.15, 0.2) is 12.7 Å². The van der Waals surface area contributed by atoms with E-state index in [0.717, 1.165) is 6.08 Å². The van der Waals surface area contributed by atoms with Crippen LogP contribution in [-0.2, 0) is 19.2 Å². The van der Waals surface area contributed by atoms with Gasteiger partial charge in [-0.3, -0.25) is 19.2 Å². The molecule has 8 heteroatoms. The molecule has 1 saturated heterocycles. The van der Waals surface area contributed by atoms with Crippen molar-refractivity contribution in [1.82, 2.24) is 20.9 Å². The Labute approximate surface area is 172 Å². The number of amides is 4. The number of carbonyl (C=O) groups is 4. The number of likely N-dealkylation sites (tertiary alicyclic amines) is 1. The Morgan fingerprint density at radius 3 is 2.21 bits per heavy atom. The normalized spacial score (nSPS) is 26.6. The van der Waals surface area contributed by atoms with Crippen molar-refractivity contribution >= 4 is 23.6 Å². The first-order chi connectivity index (χ1) is 13.2. The highest BCUT2D eigenvalue weighted by atomic mass is 16.2. The van der Waals surface area contributed by atoms with Crippen molar-refractivity contribution in [3.63, 3.8) is 0 Å². The van der Waals surface area contributed by atoms with E-state index >= 15 is 0 Å². The minimum Gasteiger partial charge on any atom is -0.344 e. The van der Waals surface area contributed by atoms with Crippen LogP contribution >= 0.6 is 0 Å². The molecule has 0 bridgehead atoms. The minimum absolute atomic E-state index is 0.0301. The van der Waals surface area contributed by atoms with Crippen molar-refractivity contribution in [3.8, 4) is 0 Å². The quantitative estimate of drug-likeness (QED) is 0.448. The second-order valence-electron chi connectivity index (χ2n) is 9.83. The summed E-state index contributed by atoms with van der Waals surface area (Å²) in [5.41, 5.74) is -0.533. The van der Waals surface area contributed by atoms with Gasteiger partial charge in [0.05, 0.1) is 6.17 Å². The lowest BCUT2D eigenvalue weighted by molar-refractivity contribution is -0.145. The van der Waals surface area contributed by atoms with Crippen LogP contribution in [0, 0.1) is 22.7 Å². The van der Waals surface area contributed by atoms with Gasteiger partial charge in [0.25, 0.3) is 0 Å². The van der Waals surface area contributed by atoms with E-state index in [1.54, 1.807) is 11.8 Å². The summed E-state index contributed by atoms with van der Waals surface area (Å²) < 4.78 is 0. The first-order valence-electron chi connectivity index (χ1n) is 10.0. The third kappa shape index (κ3) is 4.62. The van der Waals surface area contributed by atoms with Crippen LogP contribution in [0.1, 0.15) is 48.5 Å². The summed E-state index contributed by atoms with van der Waals surface area (Å²) in [5.74, 6) is -0.947. The van der Waals surface area contributed by atoms with Crippen LogP contribution in [0.4, 0.5) is 0 Å². The molecule has 1 unspecified atom stereocenters. The van der Waals surface area contributed by atoms with E-state index in [2.05, 4.69) is 36.4 Å². The van der Waals surface area contributed by atoms with E-state index in [-0.39, 0.29) is 40.9 Å². The standard InChI is InChI=1S/C21H34N4O4/c1-9-14(27)22-11(2)23-18(28)16-15-13(21(15,7)8)10-25(16)19(29)17(20(4,5)6)24-12(3)26/h9,11,13,15-17H,1,10H2,2-8H3,(H,22,27)(H,23,28)(H,24,26)/t11-,13-,15-,16?,17+/m0/s1. The van der Waals surface area contributed by atoms with Gasteiger partial charge in [-0.2, -0.15) is 0 Å². The summed E-state index contributed by atoms with van der Waals surface area (Å²) in [4.78, 5) is 51.2. The zero-order valence-electron chi connectivity index (χ0n) is 18.5. The summed E-state index contributed by atoms with van der Waals surface area (Å²) in [7, 11) is 0. The fourth-order valence-corrected chi connectivity index (χ4v) is 4.44. The second kappa shape index (κ2) is 7.80. The maximum Gasteiger partial charge on any atom is 0.246 e. The van der Waals surface area contributed by atoms with Crippen LogP contribution in [0.3, 0.4) is 0 Å². The Morgan fingerprint density at radius 1 is 1.14 bits per heavy atom. The molecule has 0 aromatic carbocycles. The van der Waals surface area contributed by atoms with Gasteiger partial charge in [-0.05, 0) is 35.7 Å². The number of hydrogen-bond donors (Lipinski definition) is 3. The van der Waals surface area contributed by atoms with Crippen molar-refractivity contribution in [2.75, 3.05) is 6.54 Å². The Morgan fingerprint density at radius 2 is 1.72 bits per heavy atom. The number of nitrogens with zero attached hydrogens (tertiary/aromatic N) is 1. The molecule has 1 aliphatic heterocycles. The zero-order chi connectivity index (χ0) is 22.3. The number of rotatable bonds is 6. The highest BCUT2D eigenvalue weighted by molar-refractivity contribution is 5.94. The highest BCUT2D eigenvalue weighted by Crippen LogP contribution is 2.65. The summed E-state index contributed by atoms with van der Waals surface area (Å²) in [6.07, 6.45) is 0.537. The van der Waals surface area contributed by atoms with Gasteiger partial charge in [0.1, 0.15) is 12.1 Å². The Bertz CT molecular complexity index is 725. The van der Waals surface area contributed by atoms with Crippen molar-refractivity contribution in [1.29, 1.82) is 0 Å². The number of nitrogens with one attached hydrogen (secondary N) is 3. The molecule has 1 heterocycles. The van der Waals surface area contributed by atoms with Gasteiger partial charge in [-0.15, -0.1) is 0 Å². The lowest BCUT2D eigenvalue weighted by Crippen LogP contribution is -2.60. The highest BCUT2D eigenvalue weighted by Gasteiger charge is 2.69. The van der Waals surface area contributed by atoms with Gasteiger partial charge in [-0.25, -0.2) is 0 Å². The SMILES string of the molecule is C=CC(=O)N[C@H](C)NC(=O)C1[C@@H]2[C@H](CN1C(=O)[C@@H](NC(C)=O)C(C)(C)C)C2(C)C. The molecule has 2 aliphatic rings. The second-order valence-corrected chi connectivity index (χ2v) is 9.83. The molecule has 0 spiro atoms. The topological polar surface area (TPSA) is 108 Å². The number of piperidine rings is 1. The zero-order valence-corrected chi connectivity index (χ0v) is 18.5. The molecule has 1 saturated carbocycles. The molecule has 3 N–H and O–H groups in total. The van der Waals surface area contributed by atoms with Gasteiger partial charge in [0.2, 0.25) is 23.6 Å². The third-order valence-electron chi connectivity index (χ3n) is 6.12. The average molecular weight is 407 g/mol. The van der Waals surface area contributed by atoms with Crippen LogP contribution in [0.5, 0.6) is 0 Å². The van der Waals surface area contributed by atoms with Gasteiger partial charge in [0, 0.05) is 13.5 Å². The lowest BCUT2D eigenvalue weighted by atomic mass is 9.85. The summed E-state index contributed by atoms with van der Waals surface area (Å²) >= 11 is 0. The van der Waals surface area contributed by atoms with Gasteiger partial charge in [0.15, 0.2) is 0 Å². The van der Waals surface area contributed by atoms with Crippen molar-refractivity contribution in [2.45, 2.75) is 66.7 Å². The number of hydrogen-bond acceptors (Lipinski definition) is 4. The fraction of sp³-hybridized carbons (Fsp3) is 0.714. The Kier molecular flexibility index (Phi) is 6.16. The number of fused-ring (bicyclic) bond motifs is 1. The van der Waals surface area contributed by atoms with Gasteiger partial charge >= 0.3 is 0 Å². The van der Waals surface area contributed by atoms with E-state index in [1.807, 2.05) is 20.8 Å². The molecule has 8 nitrogen and oxygen atoms in total. The predicted octanol–water partition coefficient (Wildman–Crippen LogP) is 0.785. The van der Waals surface area contributed by atoms with Gasteiger partial charge < -0.3 is 20.9 Å². The molecule has 29 heavy (non-hydrogen) atoms. The molecular formula is C21H34N4O4. The molecule has 1 aliphatic carbocycles. The smallest absolute Gasteiger partial charge is 0.246 e. The first kappa shape index (κ1) is 22.9. The monoisotopic (exact) mass is 406 g/mol. The van der Waals surface area contributed by atoms with Crippen molar-refractivity contribution < 1.29 is 19.2 Å². The Balaban J connectivity index is 2.23. The molecule has 2 fully saturated rings. The largest absolute Gasteiger partial charge is 0.344 e. The fourth-order valence-electron chi connectivity index (χ4n) is 4.44. The lowest BCUT2D eigenvalue weighted by Gasteiger charge is -2.37. The predicted molar refractivity (Wildman–Crippen MR) is 109 cm³/mol. The molecule has 4 amide bonds. The van der Waals surface area contributed by atoms with Crippen molar-refractivity contribution in [2.24, 2.45) is 22.7 Å². The van der Waals surface area contributed by atoms with E-state index in [4.69, 9.17) is 0 Å². The average Bonchev–Trinajstić information content (AvgIpc) is 2.94. The molecule has 162 valence electrons. The van der Waals surface area contributed by atoms with Crippen molar-refractivity contribution in [3.05, 3.63) is 12.7 Å². The van der Waals surface area contributed by atoms with E-state index in [9.17, 15) is 19.2 Å². The first-order valence-corrected chi connectivity index (χ1v) is 10.0. The molecule has 5 atom stereocenters. The summed E-state index contributed by atoms with van der Waals surface area (Å²) in [5, 5.41) is 8.14. The summed E-state index contributed by atoms with van der Waals surface area (Å²) in [6, 6.07) is -1.36. The van der Waals surface area contributed by atoms with Crippen LogP contribution < -0.4 is 16.0 Å². The molecule has 2 rings (SSSR count). The minimum atomic E-state index is -0.728. The molecule has 0 radical (unpaired) electrons. The van der Waals surface area contributed by atoms with E-state index in [0.29, 0.717) is 6.54 Å². The molecule has 0 aromatic rings.